The van der Waals surface area contributed by atoms with Gasteiger partial charge in [0.15, 0.2) is 5.13 Å². The van der Waals surface area contributed by atoms with Gasteiger partial charge in [0.25, 0.3) is 5.91 Å². The number of amides is 1. The minimum atomic E-state index is -3.85. The summed E-state index contributed by atoms with van der Waals surface area (Å²) in [7, 11) is -3.85. The summed E-state index contributed by atoms with van der Waals surface area (Å²) in [5.41, 5.74) is 2.05. The Balaban J connectivity index is 1.88. The number of carbonyl (C=O) groups is 1. The van der Waals surface area contributed by atoms with E-state index in [9.17, 15) is 13.2 Å². The number of aryl methyl sites for hydroxylation is 1. The lowest BCUT2D eigenvalue weighted by Gasteiger charge is -2.09. The van der Waals surface area contributed by atoms with Crippen LogP contribution in [0, 0.1) is 6.92 Å². The third-order valence-corrected chi connectivity index (χ3v) is 6.50. The summed E-state index contributed by atoms with van der Waals surface area (Å²) in [6, 6.07) is 9.89. The first-order chi connectivity index (χ1) is 12.8. The molecule has 1 heterocycles. The van der Waals surface area contributed by atoms with E-state index in [0.717, 1.165) is 15.8 Å². The van der Waals surface area contributed by atoms with Gasteiger partial charge in [0, 0.05) is 12.1 Å². The van der Waals surface area contributed by atoms with Crippen molar-refractivity contribution >= 4 is 54.2 Å². The first-order valence-electron chi connectivity index (χ1n) is 7.89. The summed E-state index contributed by atoms with van der Waals surface area (Å²) in [4.78, 5) is 16.7. The molecule has 0 saturated carbocycles. The molecule has 9 heteroatoms. The molecule has 0 unspecified atom stereocenters. The van der Waals surface area contributed by atoms with Crippen LogP contribution in [0.4, 0.5) is 5.13 Å². The summed E-state index contributed by atoms with van der Waals surface area (Å²) in [6.45, 7) is 5.50. The van der Waals surface area contributed by atoms with Gasteiger partial charge in [-0.3, -0.25) is 10.1 Å². The fourth-order valence-electron chi connectivity index (χ4n) is 2.35. The largest absolute Gasteiger partial charge is 0.298 e. The number of benzene rings is 2. The average molecular weight is 422 g/mol. The van der Waals surface area contributed by atoms with Crippen molar-refractivity contribution in [3.63, 3.8) is 0 Å². The van der Waals surface area contributed by atoms with E-state index in [1.54, 1.807) is 0 Å². The second-order valence-corrected chi connectivity index (χ2v) is 8.90. The van der Waals surface area contributed by atoms with Crippen LogP contribution in [0.15, 0.2) is 53.9 Å². The molecule has 0 radical (unpaired) electrons. The lowest BCUT2D eigenvalue weighted by atomic mass is 10.2. The molecule has 1 amide bonds. The summed E-state index contributed by atoms with van der Waals surface area (Å²) >= 11 is 7.35. The maximum atomic E-state index is 12.5. The molecule has 0 aliphatic heterocycles. The molecule has 0 aliphatic carbocycles. The molecule has 3 rings (SSSR count). The Hall–Kier alpha value is -2.26. The number of halogens is 1. The maximum absolute atomic E-state index is 12.5. The standard InChI is InChI=1S/C18H16ClN3O3S2/c1-3-8-20-27(24,25)16-10-12(5-6-13(16)19)17(23)22-18-21-14-7-4-11(2)9-15(14)26-18/h3-7,9-10,20H,1,8H2,2H3,(H,21,22,23). The molecule has 2 aromatic carbocycles. The number of sulfonamides is 1. The van der Waals surface area contributed by atoms with Gasteiger partial charge in [0.2, 0.25) is 10.0 Å². The van der Waals surface area contributed by atoms with Crippen molar-refractivity contribution in [2.45, 2.75) is 11.8 Å². The maximum Gasteiger partial charge on any atom is 0.257 e. The second-order valence-electron chi connectivity index (χ2n) is 5.73. The van der Waals surface area contributed by atoms with E-state index in [1.165, 1.54) is 35.6 Å². The van der Waals surface area contributed by atoms with Crippen LogP contribution in [0.25, 0.3) is 10.2 Å². The van der Waals surface area contributed by atoms with Crippen LogP contribution in [-0.2, 0) is 10.0 Å². The zero-order chi connectivity index (χ0) is 19.6. The SMILES string of the molecule is C=CCNS(=O)(=O)c1cc(C(=O)Nc2nc3ccc(C)cc3s2)ccc1Cl. The first kappa shape index (κ1) is 19.5. The van der Waals surface area contributed by atoms with E-state index in [-0.39, 0.29) is 22.0 Å². The first-order valence-corrected chi connectivity index (χ1v) is 10.6. The quantitative estimate of drug-likeness (QED) is 0.589. The van der Waals surface area contributed by atoms with E-state index in [1.807, 2.05) is 25.1 Å². The molecule has 0 aliphatic rings. The number of fused-ring (bicyclic) bond motifs is 1. The van der Waals surface area contributed by atoms with E-state index in [4.69, 9.17) is 11.6 Å². The number of aromatic nitrogens is 1. The average Bonchev–Trinajstić information content (AvgIpc) is 3.01. The molecule has 27 heavy (non-hydrogen) atoms. The monoisotopic (exact) mass is 421 g/mol. The fraction of sp³-hybridized carbons (Fsp3) is 0.111. The molecule has 3 aromatic rings. The van der Waals surface area contributed by atoms with Crippen molar-refractivity contribution in [3.05, 3.63) is 65.2 Å². The van der Waals surface area contributed by atoms with E-state index in [2.05, 4.69) is 21.6 Å². The number of thiazole rings is 1. The van der Waals surface area contributed by atoms with Crippen molar-refractivity contribution in [1.82, 2.24) is 9.71 Å². The predicted octanol–water partition coefficient (Wildman–Crippen LogP) is 3.97. The Bertz CT molecular complexity index is 1140. The van der Waals surface area contributed by atoms with Crippen LogP contribution in [0.2, 0.25) is 5.02 Å². The Morgan fingerprint density at radius 3 is 2.81 bits per heavy atom. The number of hydrogen-bond donors (Lipinski definition) is 2. The molecule has 1 aromatic heterocycles. The van der Waals surface area contributed by atoms with Crippen molar-refractivity contribution in [3.8, 4) is 0 Å². The molecular formula is C18H16ClN3O3S2. The van der Waals surface area contributed by atoms with Gasteiger partial charge in [0.1, 0.15) is 4.90 Å². The highest BCUT2D eigenvalue weighted by molar-refractivity contribution is 7.89. The number of rotatable bonds is 6. The molecular weight excluding hydrogens is 406 g/mol. The van der Waals surface area contributed by atoms with Crippen LogP contribution in [0.1, 0.15) is 15.9 Å². The van der Waals surface area contributed by atoms with Gasteiger partial charge >= 0.3 is 0 Å². The van der Waals surface area contributed by atoms with Crippen LogP contribution >= 0.6 is 22.9 Å². The number of nitrogens with one attached hydrogen (secondary N) is 2. The summed E-state index contributed by atoms with van der Waals surface area (Å²) in [5.74, 6) is -0.470. The molecule has 140 valence electrons. The highest BCUT2D eigenvalue weighted by Crippen LogP contribution is 2.28. The number of carbonyl (C=O) groups excluding carboxylic acids is 1. The van der Waals surface area contributed by atoms with Gasteiger partial charge in [0.05, 0.1) is 15.2 Å². The molecule has 0 bridgehead atoms. The van der Waals surface area contributed by atoms with Crippen LogP contribution in [-0.4, -0.2) is 25.9 Å². The van der Waals surface area contributed by atoms with Gasteiger partial charge in [-0.1, -0.05) is 35.1 Å². The molecule has 0 spiro atoms. The highest BCUT2D eigenvalue weighted by atomic mass is 35.5. The zero-order valence-corrected chi connectivity index (χ0v) is 16.7. The minimum absolute atomic E-state index is 0.0265. The normalized spacial score (nSPS) is 11.5. The smallest absolute Gasteiger partial charge is 0.257 e. The minimum Gasteiger partial charge on any atom is -0.298 e. The van der Waals surface area contributed by atoms with Gasteiger partial charge in [-0.2, -0.15) is 0 Å². The molecule has 0 atom stereocenters. The zero-order valence-electron chi connectivity index (χ0n) is 14.3. The second kappa shape index (κ2) is 7.77. The predicted molar refractivity (Wildman–Crippen MR) is 109 cm³/mol. The van der Waals surface area contributed by atoms with E-state index < -0.39 is 15.9 Å². The molecule has 2 N–H and O–H groups in total. The van der Waals surface area contributed by atoms with E-state index in [0.29, 0.717) is 5.13 Å². The summed E-state index contributed by atoms with van der Waals surface area (Å²) < 4.78 is 27.9. The summed E-state index contributed by atoms with van der Waals surface area (Å²) in [5, 5.41) is 3.16. The Morgan fingerprint density at radius 1 is 1.30 bits per heavy atom. The van der Waals surface area contributed by atoms with Crippen molar-refractivity contribution in [2.75, 3.05) is 11.9 Å². The van der Waals surface area contributed by atoms with Crippen LogP contribution in [0.5, 0.6) is 0 Å². The lowest BCUT2D eigenvalue weighted by molar-refractivity contribution is 0.102. The van der Waals surface area contributed by atoms with Crippen molar-refractivity contribution < 1.29 is 13.2 Å². The highest BCUT2D eigenvalue weighted by Gasteiger charge is 2.20. The van der Waals surface area contributed by atoms with Crippen LogP contribution in [0.3, 0.4) is 0 Å². The molecule has 0 fully saturated rings. The van der Waals surface area contributed by atoms with Gasteiger partial charge in [-0.05, 0) is 42.8 Å². The van der Waals surface area contributed by atoms with Gasteiger partial charge < -0.3 is 0 Å². The summed E-state index contributed by atoms with van der Waals surface area (Å²) in [6.07, 6.45) is 1.41. The van der Waals surface area contributed by atoms with Crippen molar-refractivity contribution in [2.24, 2.45) is 0 Å². The third kappa shape index (κ3) is 4.36. The topological polar surface area (TPSA) is 88.2 Å². The lowest BCUT2D eigenvalue weighted by Crippen LogP contribution is -2.24. The molecule has 0 saturated heterocycles. The van der Waals surface area contributed by atoms with E-state index >= 15 is 0 Å². The Labute approximate surface area is 165 Å². The Morgan fingerprint density at radius 2 is 2.07 bits per heavy atom. The number of anilines is 1. The number of hydrogen-bond acceptors (Lipinski definition) is 5. The number of nitrogens with zero attached hydrogens (tertiary/aromatic N) is 1. The van der Waals surface area contributed by atoms with Crippen LogP contribution < -0.4 is 10.0 Å². The Kier molecular flexibility index (Phi) is 5.61. The third-order valence-electron chi connectivity index (χ3n) is 3.67. The van der Waals surface area contributed by atoms with Gasteiger partial charge in [-0.15, -0.1) is 6.58 Å². The van der Waals surface area contributed by atoms with Gasteiger partial charge in [-0.25, -0.2) is 18.1 Å². The molecule has 6 nitrogen and oxygen atoms in total. The van der Waals surface area contributed by atoms with Crippen molar-refractivity contribution in [1.29, 1.82) is 0 Å². The fourth-order valence-corrected chi connectivity index (χ4v) is 4.83.